The quantitative estimate of drug-likeness (QED) is 0.552. The Balaban J connectivity index is 0.000000166. The molecule has 4 nitrogen and oxygen atoms in total. The highest BCUT2D eigenvalue weighted by atomic mass is 79.9. The van der Waals surface area contributed by atoms with E-state index in [1.807, 2.05) is 0 Å². The molecule has 0 heterocycles. The zero-order valence-electron chi connectivity index (χ0n) is 17.7. The first-order valence-electron chi connectivity index (χ1n) is 10.5. The molecule has 0 amide bonds. The van der Waals surface area contributed by atoms with E-state index in [1.165, 1.54) is 69.7 Å². The number of hydrogen-bond acceptors (Lipinski definition) is 2. The molecule has 0 fully saturated rings. The Morgan fingerprint density at radius 2 is 1.44 bits per heavy atom. The van der Waals surface area contributed by atoms with Crippen LogP contribution in [0.5, 0.6) is 0 Å². The first kappa shape index (κ1) is 22.0. The van der Waals surface area contributed by atoms with Crippen LogP contribution in [0.15, 0.2) is 54.6 Å². The summed E-state index contributed by atoms with van der Waals surface area (Å²) in [6.45, 7) is 1.48. The molecule has 2 aliphatic rings. The van der Waals surface area contributed by atoms with E-state index in [2.05, 4.69) is 58.4 Å². The smallest absolute Gasteiger partial charge is 0.335 e. The van der Waals surface area contributed by atoms with Gasteiger partial charge in [0.15, 0.2) is 0 Å². The van der Waals surface area contributed by atoms with Crippen molar-refractivity contribution >= 4 is 38.4 Å². The molecule has 0 spiro atoms. The van der Waals surface area contributed by atoms with E-state index in [-0.39, 0.29) is 16.7 Å². The predicted octanol–water partition coefficient (Wildman–Crippen LogP) is 4.54. The molecule has 0 aliphatic heterocycles. The van der Waals surface area contributed by atoms with Gasteiger partial charge in [-0.15, -0.1) is 0 Å². The van der Waals surface area contributed by atoms with Gasteiger partial charge in [-0.1, -0.05) is 64.5 Å². The van der Waals surface area contributed by atoms with E-state index < -0.39 is 11.9 Å². The summed E-state index contributed by atoms with van der Waals surface area (Å²) in [5.41, 5.74) is 3.46. The van der Waals surface area contributed by atoms with Gasteiger partial charge >= 0.3 is 11.9 Å². The number of benzene rings is 3. The minimum atomic E-state index is -1.11. The summed E-state index contributed by atoms with van der Waals surface area (Å²) in [7, 11) is 0. The summed E-state index contributed by atoms with van der Waals surface area (Å²) >= 11 is 3.75. The number of hydrogen-bond donors (Lipinski definition) is 2. The van der Waals surface area contributed by atoms with Gasteiger partial charge in [0.2, 0.25) is 0 Å². The van der Waals surface area contributed by atoms with E-state index >= 15 is 0 Å². The van der Waals surface area contributed by atoms with Crippen molar-refractivity contribution in [3.8, 4) is 0 Å². The van der Waals surface area contributed by atoms with Crippen LogP contribution >= 0.6 is 15.9 Å². The van der Waals surface area contributed by atoms with Crippen LogP contribution in [0.1, 0.15) is 50.2 Å². The lowest BCUT2D eigenvalue weighted by molar-refractivity contribution is 0.0696. The van der Waals surface area contributed by atoms with E-state index in [4.69, 9.17) is 10.2 Å². The first-order chi connectivity index (χ1) is 15.4. The Morgan fingerprint density at radius 3 is 2.12 bits per heavy atom. The van der Waals surface area contributed by atoms with Crippen molar-refractivity contribution < 1.29 is 19.8 Å². The molecule has 0 saturated carbocycles. The molecule has 0 atom stereocenters. The zero-order valence-corrected chi connectivity index (χ0v) is 19.3. The van der Waals surface area contributed by atoms with Gasteiger partial charge in [-0.3, -0.25) is 0 Å². The normalized spacial score (nSPS) is 13.5. The topological polar surface area (TPSA) is 74.6 Å². The Bertz CT molecular complexity index is 1420. The van der Waals surface area contributed by atoms with E-state index in [1.54, 1.807) is 11.1 Å². The van der Waals surface area contributed by atoms with Crippen molar-refractivity contribution in [2.75, 3.05) is 0 Å². The summed E-state index contributed by atoms with van der Waals surface area (Å²) in [6, 6.07) is 17.5. The van der Waals surface area contributed by atoms with Crippen LogP contribution in [-0.2, 0) is 12.8 Å². The minimum absolute atomic E-state index is 0.0277. The SMILES string of the molecule is BrC1=c2ccc3c(c2CCC1)CC=c1ccccc1=3.Cc1c(C(=O)O)cccc1C(=O)O. The number of aromatic carboxylic acids is 2. The average Bonchev–Trinajstić information content (AvgIpc) is 2.79. The highest BCUT2D eigenvalue weighted by molar-refractivity contribution is 9.14. The summed E-state index contributed by atoms with van der Waals surface area (Å²) in [6.07, 6.45) is 7.14. The maximum Gasteiger partial charge on any atom is 0.335 e. The number of rotatable bonds is 2. The van der Waals surface area contributed by atoms with Crippen molar-refractivity contribution in [3.63, 3.8) is 0 Å². The molecule has 0 aromatic heterocycles. The zero-order chi connectivity index (χ0) is 22.8. The first-order valence-corrected chi connectivity index (χ1v) is 11.3. The van der Waals surface area contributed by atoms with Crippen molar-refractivity contribution in [1.82, 2.24) is 0 Å². The monoisotopic (exact) mass is 490 g/mol. The van der Waals surface area contributed by atoms with Crippen LogP contribution in [0.3, 0.4) is 0 Å². The number of halogens is 1. The van der Waals surface area contributed by atoms with Crippen molar-refractivity contribution in [2.24, 2.45) is 0 Å². The lowest BCUT2D eigenvalue weighted by Crippen LogP contribution is -2.21. The molecule has 32 heavy (non-hydrogen) atoms. The molecule has 5 rings (SSSR count). The van der Waals surface area contributed by atoms with Gasteiger partial charge in [0, 0.05) is 4.48 Å². The number of fused-ring (bicyclic) bond motifs is 4. The molecule has 3 aromatic carbocycles. The molecular formula is C27H23BrO4. The third-order valence-electron chi connectivity index (χ3n) is 6.12. The van der Waals surface area contributed by atoms with Gasteiger partial charge in [-0.2, -0.15) is 0 Å². The third kappa shape index (κ3) is 4.13. The summed E-state index contributed by atoms with van der Waals surface area (Å²) in [5, 5.41) is 23.0. The van der Waals surface area contributed by atoms with Crippen molar-refractivity contribution in [2.45, 2.75) is 32.6 Å². The van der Waals surface area contributed by atoms with Crippen LogP contribution in [0, 0.1) is 17.4 Å². The molecule has 0 unspecified atom stereocenters. The summed E-state index contributed by atoms with van der Waals surface area (Å²) < 4.78 is 1.38. The number of carboxylic acids is 2. The Hall–Kier alpha value is -3.18. The molecule has 162 valence electrons. The Morgan fingerprint density at radius 1 is 0.781 bits per heavy atom. The van der Waals surface area contributed by atoms with Gasteiger partial charge in [0.05, 0.1) is 11.1 Å². The fourth-order valence-electron chi connectivity index (χ4n) is 4.50. The molecule has 2 aliphatic carbocycles. The summed E-state index contributed by atoms with van der Waals surface area (Å²) in [5.74, 6) is -2.22. The molecule has 5 heteroatoms. The molecular weight excluding hydrogens is 468 g/mol. The second-order valence-corrected chi connectivity index (χ2v) is 8.92. The van der Waals surface area contributed by atoms with Gasteiger partial charge in [-0.25, -0.2) is 9.59 Å². The van der Waals surface area contributed by atoms with Gasteiger partial charge in [0.25, 0.3) is 0 Å². The second kappa shape index (κ2) is 9.13. The lowest BCUT2D eigenvalue weighted by Gasteiger charge is -2.18. The molecule has 3 aromatic rings. The number of carbonyl (C=O) groups is 2. The van der Waals surface area contributed by atoms with Gasteiger partial charge < -0.3 is 10.2 Å². The van der Waals surface area contributed by atoms with E-state index in [0.29, 0.717) is 0 Å². The van der Waals surface area contributed by atoms with Crippen molar-refractivity contribution in [1.29, 1.82) is 0 Å². The Kier molecular flexibility index (Phi) is 6.28. The van der Waals surface area contributed by atoms with Crippen molar-refractivity contribution in [3.05, 3.63) is 103 Å². The van der Waals surface area contributed by atoms with E-state index in [9.17, 15) is 9.59 Å². The largest absolute Gasteiger partial charge is 0.478 e. The van der Waals surface area contributed by atoms with Crippen LogP contribution in [0.2, 0.25) is 0 Å². The number of carboxylic acid groups (broad SMARTS) is 2. The lowest BCUT2D eigenvalue weighted by atomic mass is 9.89. The fraction of sp³-hybridized carbons (Fsp3) is 0.185. The van der Waals surface area contributed by atoms with Crippen LogP contribution < -0.4 is 10.4 Å². The maximum absolute atomic E-state index is 10.6. The standard InChI is InChI=1S/C18H15Br.C9H8O4/c19-18-7-3-6-14-16-9-8-12-4-1-2-5-13(12)15(16)10-11-17(14)18;1-5-6(8(10)11)3-2-4-7(5)9(12)13/h1-2,4-5,8,10-11H,3,6-7,9H2;2-4H,1H3,(H,10,11)(H,12,13). The summed E-state index contributed by atoms with van der Waals surface area (Å²) in [4.78, 5) is 21.2. The van der Waals surface area contributed by atoms with Gasteiger partial charge in [-0.05, 0) is 82.3 Å². The fourth-order valence-corrected chi connectivity index (χ4v) is 5.16. The highest BCUT2D eigenvalue weighted by Crippen LogP contribution is 2.23. The predicted molar refractivity (Wildman–Crippen MR) is 128 cm³/mol. The van der Waals surface area contributed by atoms with Crippen LogP contribution in [-0.4, -0.2) is 22.2 Å². The van der Waals surface area contributed by atoms with Crippen LogP contribution in [0.4, 0.5) is 0 Å². The third-order valence-corrected chi connectivity index (χ3v) is 6.94. The minimum Gasteiger partial charge on any atom is -0.478 e. The van der Waals surface area contributed by atoms with Crippen LogP contribution in [0.25, 0.3) is 10.6 Å². The Labute approximate surface area is 194 Å². The molecule has 2 N–H and O–H groups in total. The molecule has 0 radical (unpaired) electrons. The average molecular weight is 491 g/mol. The van der Waals surface area contributed by atoms with Gasteiger partial charge in [0.1, 0.15) is 0 Å². The molecule has 0 saturated heterocycles. The maximum atomic E-state index is 10.6. The highest BCUT2D eigenvalue weighted by Gasteiger charge is 2.15. The molecule has 0 bridgehead atoms. The van der Waals surface area contributed by atoms with E-state index in [0.717, 1.165) is 6.42 Å². The second-order valence-electron chi connectivity index (χ2n) is 7.96.